The van der Waals surface area contributed by atoms with E-state index >= 15 is 0 Å². The fourth-order valence-electron chi connectivity index (χ4n) is 2.70. The van der Waals surface area contributed by atoms with Crippen molar-refractivity contribution < 1.29 is 0 Å². The molecule has 0 amide bonds. The molecule has 3 heterocycles. The number of piperidine rings is 1. The molecule has 3 rings (SSSR count). The number of hydrogen-bond acceptors (Lipinski definition) is 5. The van der Waals surface area contributed by atoms with Crippen molar-refractivity contribution in [3.8, 4) is 0 Å². The van der Waals surface area contributed by atoms with E-state index in [1.807, 2.05) is 19.1 Å². The first-order chi connectivity index (χ1) is 10.2. The third-order valence-electron chi connectivity index (χ3n) is 3.74. The molecule has 0 radical (unpaired) electrons. The fourth-order valence-corrected chi connectivity index (χ4v) is 2.70. The van der Waals surface area contributed by atoms with Gasteiger partial charge in [0.1, 0.15) is 17.5 Å². The second-order valence-electron chi connectivity index (χ2n) is 5.61. The van der Waals surface area contributed by atoms with Gasteiger partial charge in [-0.15, -0.1) is 0 Å². The Bertz CT molecular complexity index is 620. The molecule has 2 N–H and O–H groups in total. The van der Waals surface area contributed by atoms with Gasteiger partial charge in [-0.25, -0.2) is 15.0 Å². The average molecular weight is 283 g/mol. The average Bonchev–Trinajstić information content (AvgIpc) is 2.47. The van der Waals surface area contributed by atoms with Crippen LogP contribution in [0.15, 0.2) is 24.4 Å². The minimum atomic E-state index is 0.478. The number of anilines is 2. The Kier molecular flexibility index (Phi) is 4.10. The zero-order chi connectivity index (χ0) is 14.7. The molecule has 0 aliphatic carbocycles. The predicted molar refractivity (Wildman–Crippen MR) is 83.9 cm³/mol. The summed E-state index contributed by atoms with van der Waals surface area (Å²) in [7, 11) is 0. The maximum atomic E-state index is 4.61. The normalized spacial score (nSPS) is 18.5. The summed E-state index contributed by atoms with van der Waals surface area (Å²) in [5.41, 5.74) is 2.29. The van der Waals surface area contributed by atoms with Crippen molar-refractivity contribution >= 4 is 11.6 Å². The summed E-state index contributed by atoms with van der Waals surface area (Å²) in [6.07, 6.45) is 4.19. The maximum Gasteiger partial charge on any atom is 0.135 e. The molecule has 5 heteroatoms. The summed E-state index contributed by atoms with van der Waals surface area (Å²) in [6.45, 7) is 6.10. The Balaban J connectivity index is 1.83. The van der Waals surface area contributed by atoms with Crippen LogP contribution >= 0.6 is 0 Å². The van der Waals surface area contributed by atoms with Gasteiger partial charge in [-0.2, -0.15) is 0 Å². The van der Waals surface area contributed by atoms with Crippen LogP contribution in [-0.4, -0.2) is 28.0 Å². The minimum Gasteiger partial charge on any atom is -0.325 e. The summed E-state index contributed by atoms with van der Waals surface area (Å²) in [5.74, 6) is 2.92. The zero-order valence-corrected chi connectivity index (χ0v) is 12.6. The first kappa shape index (κ1) is 13.9. The van der Waals surface area contributed by atoms with Crippen molar-refractivity contribution in [2.45, 2.75) is 32.6 Å². The van der Waals surface area contributed by atoms with Crippen LogP contribution < -0.4 is 10.6 Å². The SMILES string of the molecule is Cc1ccnc(Nc2cc([C@H]3CCCNC3)nc(C)n2)c1. The van der Waals surface area contributed by atoms with Gasteiger partial charge in [0, 0.05) is 24.7 Å². The Labute approximate surface area is 125 Å². The molecular formula is C16H21N5. The van der Waals surface area contributed by atoms with E-state index < -0.39 is 0 Å². The second-order valence-corrected chi connectivity index (χ2v) is 5.61. The van der Waals surface area contributed by atoms with E-state index in [9.17, 15) is 0 Å². The predicted octanol–water partition coefficient (Wildman–Crippen LogP) is 2.70. The van der Waals surface area contributed by atoms with Crippen LogP contribution in [0.1, 0.15) is 35.8 Å². The fraction of sp³-hybridized carbons (Fsp3) is 0.438. The highest BCUT2D eigenvalue weighted by atomic mass is 15.1. The lowest BCUT2D eigenvalue weighted by atomic mass is 9.96. The molecule has 0 aromatic carbocycles. The smallest absolute Gasteiger partial charge is 0.135 e. The highest BCUT2D eigenvalue weighted by Crippen LogP contribution is 2.24. The molecule has 0 spiro atoms. The van der Waals surface area contributed by atoms with Crippen molar-refractivity contribution in [1.29, 1.82) is 0 Å². The molecule has 1 aliphatic heterocycles. The molecule has 0 unspecified atom stereocenters. The standard InChI is InChI=1S/C16H21N5/c1-11-5-7-18-15(8-11)21-16-9-14(19-12(2)20-16)13-4-3-6-17-10-13/h5,7-9,13,17H,3-4,6,10H2,1-2H3,(H,18,19,20,21)/t13-/m0/s1. The summed E-state index contributed by atoms with van der Waals surface area (Å²) < 4.78 is 0. The number of hydrogen-bond donors (Lipinski definition) is 2. The zero-order valence-electron chi connectivity index (χ0n) is 12.6. The van der Waals surface area contributed by atoms with E-state index in [2.05, 4.69) is 38.6 Å². The molecule has 0 bridgehead atoms. The van der Waals surface area contributed by atoms with Crippen LogP contribution in [0.25, 0.3) is 0 Å². The summed E-state index contributed by atoms with van der Waals surface area (Å²) in [4.78, 5) is 13.4. The van der Waals surface area contributed by atoms with E-state index in [4.69, 9.17) is 0 Å². The molecule has 5 nitrogen and oxygen atoms in total. The van der Waals surface area contributed by atoms with Crippen LogP contribution in [0.3, 0.4) is 0 Å². The van der Waals surface area contributed by atoms with Gasteiger partial charge in [0.2, 0.25) is 0 Å². The van der Waals surface area contributed by atoms with Crippen LogP contribution in [0.2, 0.25) is 0 Å². The maximum absolute atomic E-state index is 4.61. The van der Waals surface area contributed by atoms with Gasteiger partial charge >= 0.3 is 0 Å². The highest BCUT2D eigenvalue weighted by Gasteiger charge is 2.17. The van der Waals surface area contributed by atoms with E-state index in [0.29, 0.717) is 5.92 Å². The number of rotatable bonds is 3. The van der Waals surface area contributed by atoms with E-state index in [0.717, 1.165) is 36.2 Å². The summed E-state index contributed by atoms with van der Waals surface area (Å²) >= 11 is 0. The van der Waals surface area contributed by atoms with Crippen LogP contribution in [0, 0.1) is 13.8 Å². The largest absolute Gasteiger partial charge is 0.325 e. The van der Waals surface area contributed by atoms with E-state index in [-0.39, 0.29) is 0 Å². The molecule has 2 aromatic rings. The number of nitrogens with zero attached hydrogens (tertiary/aromatic N) is 3. The van der Waals surface area contributed by atoms with Gasteiger partial charge in [0.15, 0.2) is 0 Å². The molecule has 21 heavy (non-hydrogen) atoms. The Morgan fingerprint density at radius 1 is 1.19 bits per heavy atom. The molecule has 2 aromatic heterocycles. The van der Waals surface area contributed by atoms with Crippen LogP contribution in [-0.2, 0) is 0 Å². The molecule has 1 aliphatic rings. The molecule has 0 saturated carbocycles. The Morgan fingerprint density at radius 3 is 2.86 bits per heavy atom. The highest BCUT2D eigenvalue weighted by molar-refractivity contribution is 5.52. The van der Waals surface area contributed by atoms with Crippen LogP contribution in [0.5, 0.6) is 0 Å². The first-order valence-electron chi connectivity index (χ1n) is 7.47. The van der Waals surface area contributed by atoms with Gasteiger partial charge in [0.25, 0.3) is 0 Å². The molecule has 110 valence electrons. The first-order valence-corrected chi connectivity index (χ1v) is 7.47. The Hall–Kier alpha value is -2.01. The quantitative estimate of drug-likeness (QED) is 0.907. The third kappa shape index (κ3) is 3.55. The van der Waals surface area contributed by atoms with Crippen molar-refractivity contribution in [3.05, 3.63) is 41.5 Å². The topological polar surface area (TPSA) is 62.7 Å². The third-order valence-corrected chi connectivity index (χ3v) is 3.74. The lowest BCUT2D eigenvalue weighted by Crippen LogP contribution is -2.29. The Morgan fingerprint density at radius 2 is 2.10 bits per heavy atom. The number of nitrogens with one attached hydrogen (secondary N) is 2. The second kappa shape index (κ2) is 6.18. The van der Waals surface area contributed by atoms with E-state index in [1.54, 1.807) is 6.20 Å². The molecular weight excluding hydrogens is 262 g/mol. The molecule has 1 fully saturated rings. The van der Waals surface area contributed by atoms with Crippen molar-refractivity contribution in [2.24, 2.45) is 0 Å². The molecule has 1 saturated heterocycles. The lowest BCUT2D eigenvalue weighted by molar-refractivity contribution is 0.453. The van der Waals surface area contributed by atoms with Gasteiger partial charge in [-0.05, 0) is 50.9 Å². The van der Waals surface area contributed by atoms with E-state index in [1.165, 1.54) is 18.4 Å². The number of pyridine rings is 1. The number of aromatic nitrogens is 3. The van der Waals surface area contributed by atoms with Gasteiger partial charge < -0.3 is 10.6 Å². The van der Waals surface area contributed by atoms with Gasteiger partial charge in [-0.3, -0.25) is 0 Å². The van der Waals surface area contributed by atoms with Crippen molar-refractivity contribution in [1.82, 2.24) is 20.3 Å². The lowest BCUT2D eigenvalue weighted by Gasteiger charge is -2.22. The number of aryl methyl sites for hydroxylation is 2. The monoisotopic (exact) mass is 283 g/mol. The van der Waals surface area contributed by atoms with Crippen molar-refractivity contribution in [3.63, 3.8) is 0 Å². The van der Waals surface area contributed by atoms with Gasteiger partial charge in [-0.1, -0.05) is 0 Å². The van der Waals surface area contributed by atoms with Crippen LogP contribution in [0.4, 0.5) is 11.6 Å². The summed E-state index contributed by atoms with van der Waals surface area (Å²) in [5, 5.41) is 6.72. The minimum absolute atomic E-state index is 0.478. The van der Waals surface area contributed by atoms with Gasteiger partial charge in [0.05, 0.1) is 5.69 Å². The van der Waals surface area contributed by atoms with Crippen molar-refractivity contribution in [2.75, 3.05) is 18.4 Å². The summed E-state index contributed by atoms with van der Waals surface area (Å²) in [6, 6.07) is 6.05. The molecule has 1 atom stereocenters.